The maximum atomic E-state index is 16.5. The third kappa shape index (κ3) is 7.98. The fourth-order valence-electron chi connectivity index (χ4n) is 11.2. The number of fused-ring (bicyclic) bond motifs is 4. The first kappa shape index (κ1) is 46.5. The molecule has 16 heteroatoms. The summed E-state index contributed by atoms with van der Waals surface area (Å²) in [6, 6.07) is 33.6. The van der Waals surface area contributed by atoms with Gasteiger partial charge < -0.3 is 39.0 Å². The van der Waals surface area contributed by atoms with Gasteiger partial charge in [-0.05, 0) is 64.1 Å². The molecule has 5 aliphatic rings. The van der Waals surface area contributed by atoms with Crippen LogP contribution in [-0.2, 0) is 40.6 Å². The molecule has 5 heterocycles. The largest absolute Gasteiger partial charge is 0.491 e. The number of amides is 4. The predicted molar refractivity (Wildman–Crippen MR) is 255 cm³/mol. The van der Waals surface area contributed by atoms with Crippen LogP contribution < -0.4 is 24.4 Å². The molecule has 3 fully saturated rings. The van der Waals surface area contributed by atoms with Crippen molar-refractivity contribution in [1.29, 1.82) is 0 Å². The number of carbonyl (C=O) groups is 5. The van der Waals surface area contributed by atoms with E-state index in [1.165, 1.54) is 7.11 Å². The topological polar surface area (TPSA) is 177 Å². The number of aliphatic hydroxyl groups is 1. The van der Waals surface area contributed by atoms with Crippen LogP contribution in [0.2, 0.25) is 0 Å². The van der Waals surface area contributed by atoms with E-state index < -0.39 is 77.3 Å². The van der Waals surface area contributed by atoms with Gasteiger partial charge in [0, 0.05) is 32.7 Å². The number of para-hydroxylation sites is 1. The number of hydrogen-bond acceptors (Lipinski definition) is 13. The Labute approximate surface area is 405 Å². The van der Waals surface area contributed by atoms with Crippen LogP contribution in [0.15, 0.2) is 127 Å². The van der Waals surface area contributed by atoms with Crippen molar-refractivity contribution >= 4 is 35.5 Å². The molecule has 1 spiro atoms. The van der Waals surface area contributed by atoms with Crippen LogP contribution >= 0.6 is 0 Å². The van der Waals surface area contributed by atoms with Crippen molar-refractivity contribution in [2.45, 2.75) is 56.1 Å². The van der Waals surface area contributed by atoms with Gasteiger partial charge in [0.15, 0.2) is 11.5 Å². The molecule has 5 aromatic rings. The summed E-state index contributed by atoms with van der Waals surface area (Å²) in [5, 5.41) is 12.4. The third-order valence-electron chi connectivity index (χ3n) is 14.3. The Kier molecular flexibility index (Phi) is 12.8. The van der Waals surface area contributed by atoms with E-state index in [0.717, 1.165) is 16.0 Å². The minimum absolute atomic E-state index is 0.0427. The number of nitrogens with one attached hydrogen (secondary N) is 1. The minimum Gasteiger partial charge on any atom is -0.491 e. The van der Waals surface area contributed by atoms with E-state index in [2.05, 4.69) is 10.2 Å². The first-order valence-electron chi connectivity index (χ1n) is 23.7. The summed E-state index contributed by atoms with van der Waals surface area (Å²) in [4.78, 5) is 83.2. The van der Waals surface area contributed by atoms with E-state index in [1.54, 1.807) is 55.1 Å². The molecule has 5 aliphatic heterocycles. The summed E-state index contributed by atoms with van der Waals surface area (Å²) in [6.07, 6.45) is -0.898. The Bertz CT molecular complexity index is 2770. The molecule has 7 unspecified atom stereocenters. The lowest BCUT2D eigenvalue weighted by Crippen LogP contribution is -2.59. The first-order valence-corrected chi connectivity index (χ1v) is 23.7. The van der Waals surface area contributed by atoms with Gasteiger partial charge in [0.1, 0.15) is 36.0 Å². The number of methoxy groups -OCH3 is 1. The normalized spacial score (nSPS) is 24.3. The van der Waals surface area contributed by atoms with Gasteiger partial charge in [0.05, 0.1) is 37.4 Å². The Balaban J connectivity index is 1.15. The molecule has 70 heavy (non-hydrogen) atoms. The van der Waals surface area contributed by atoms with Gasteiger partial charge in [-0.1, -0.05) is 111 Å². The average Bonchev–Trinajstić information content (AvgIpc) is 4.06. The molecular weight excluding hydrogens is 895 g/mol. The van der Waals surface area contributed by atoms with Gasteiger partial charge in [0.2, 0.25) is 18.6 Å². The van der Waals surface area contributed by atoms with Gasteiger partial charge in [-0.15, -0.1) is 0 Å². The van der Waals surface area contributed by atoms with Crippen molar-refractivity contribution < 1.29 is 52.8 Å². The van der Waals surface area contributed by atoms with Crippen LogP contribution in [0.5, 0.6) is 17.2 Å². The Morgan fingerprint density at radius 3 is 2.14 bits per heavy atom. The molecule has 0 aromatic heterocycles. The highest BCUT2D eigenvalue weighted by molar-refractivity contribution is 6.25. The number of morpholine rings is 1. The Morgan fingerprint density at radius 1 is 0.786 bits per heavy atom. The molecule has 362 valence electrons. The molecule has 7 atom stereocenters. The molecule has 10 rings (SSSR count). The van der Waals surface area contributed by atoms with Gasteiger partial charge in [-0.3, -0.25) is 24.2 Å². The fraction of sp³-hybridized carbons (Fsp3) is 0.352. The number of cyclic esters (lactones) is 1. The number of imide groups is 1. The van der Waals surface area contributed by atoms with Crippen LogP contribution in [0, 0.1) is 11.8 Å². The van der Waals surface area contributed by atoms with Gasteiger partial charge in [-0.25, -0.2) is 14.5 Å². The molecular formula is C54H55N5O11. The summed E-state index contributed by atoms with van der Waals surface area (Å²) >= 11 is 0. The van der Waals surface area contributed by atoms with Crippen molar-refractivity contribution in [3.63, 3.8) is 0 Å². The summed E-state index contributed by atoms with van der Waals surface area (Å²) in [6.45, 7) is 5.64. The van der Waals surface area contributed by atoms with E-state index in [9.17, 15) is 14.7 Å². The molecule has 16 nitrogen and oxygen atoms in total. The van der Waals surface area contributed by atoms with Gasteiger partial charge in [-0.2, -0.15) is 0 Å². The number of piperazine rings is 1. The molecule has 5 aromatic carbocycles. The van der Waals surface area contributed by atoms with Crippen LogP contribution in [-0.4, -0.2) is 115 Å². The zero-order valence-electron chi connectivity index (χ0n) is 39.1. The molecule has 3 saturated heterocycles. The summed E-state index contributed by atoms with van der Waals surface area (Å²) in [5.74, 6) is -2.60. The molecule has 0 aliphatic carbocycles. The van der Waals surface area contributed by atoms with Crippen molar-refractivity contribution in [3.05, 3.63) is 155 Å². The first-order chi connectivity index (χ1) is 34.0. The van der Waals surface area contributed by atoms with Crippen LogP contribution in [0.25, 0.3) is 0 Å². The molecule has 4 amide bonds. The number of aliphatic hydroxyl groups excluding tert-OH is 1. The maximum Gasteiger partial charge on any atom is 0.329 e. The Hall–Kier alpha value is -7.27. The molecule has 0 saturated carbocycles. The maximum absolute atomic E-state index is 16.5. The SMILES string of the molecule is COC(=O)C(NC(=O)N1C(=O)C2(c3ccccc31)C(C(=O)N1CCN(Cc3ccc4c(c3)OCO4)CC1)C1C(=O)OC(c3ccccc3)C(c3ccccc3)N1C2c1ccc(OCCO)cc1)C(C)C. The van der Waals surface area contributed by atoms with E-state index in [-0.39, 0.29) is 38.8 Å². The zero-order valence-corrected chi connectivity index (χ0v) is 39.1. The highest BCUT2D eigenvalue weighted by Gasteiger charge is 2.76. The predicted octanol–water partition coefficient (Wildman–Crippen LogP) is 5.70. The number of benzene rings is 5. The van der Waals surface area contributed by atoms with Crippen molar-refractivity contribution in [2.75, 3.05) is 58.2 Å². The zero-order chi connectivity index (χ0) is 48.7. The number of urea groups is 1. The average molecular weight is 950 g/mol. The van der Waals surface area contributed by atoms with Crippen molar-refractivity contribution in [1.82, 2.24) is 20.0 Å². The molecule has 0 bridgehead atoms. The Morgan fingerprint density at radius 2 is 1.46 bits per heavy atom. The lowest BCUT2D eigenvalue weighted by molar-refractivity contribution is -0.179. The number of ether oxygens (including phenoxy) is 5. The monoisotopic (exact) mass is 949 g/mol. The number of carbonyl (C=O) groups excluding carboxylic acids is 5. The standard InChI is InChI=1S/C54H55N5O11/c1-33(2)44(50(62)66-3)55-53(65)58-40-17-11-10-16-39(40)54(52(58)64)43(49(61)57-26-24-56(25-27-57)31-34-18-23-41-42(30-34)69-32-68-41)46-51(63)70-47(36-14-8-5-9-15-36)45(35-12-6-4-7-13-35)59(46)48(54)37-19-21-38(22-20-37)67-29-28-60/h4-23,30,33,43-48,60H,24-29,31-32H2,1-3H3,(H,55,65). The van der Waals surface area contributed by atoms with E-state index in [1.807, 2.05) is 95.9 Å². The minimum atomic E-state index is -1.96. The molecule has 2 N–H and O–H groups in total. The second kappa shape index (κ2) is 19.3. The van der Waals surface area contributed by atoms with Crippen molar-refractivity contribution in [2.24, 2.45) is 11.8 Å². The van der Waals surface area contributed by atoms with E-state index in [4.69, 9.17) is 23.7 Å². The lowest BCUT2D eigenvalue weighted by Gasteiger charge is -2.46. The lowest BCUT2D eigenvalue weighted by atomic mass is 9.65. The second-order valence-electron chi connectivity index (χ2n) is 18.5. The highest BCUT2D eigenvalue weighted by Crippen LogP contribution is 2.66. The van der Waals surface area contributed by atoms with Crippen molar-refractivity contribution in [3.8, 4) is 17.2 Å². The van der Waals surface area contributed by atoms with Crippen LogP contribution in [0.3, 0.4) is 0 Å². The third-order valence-corrected chi connectivity index (χ3v) is 14.3. The fourth-order valence-corrected chi connectivity index (χ4v) is 11.2. The number of esters is 2. The second-order valence-corrected chi connectivity index (χ2v) is 18.5. The van der Waals surface area contributed by atoms with Crippen LogP contribution in [0.4, 0.5) is 10.5 Å². The number of hydrogen-bond donors (Lipinski definition) is 2. The van der Waals surface area contributed by atoms with Gasteiger partial charge >= 0.3 is 18.0 Å². The smallest absolute Gasteiger partial charge is 0.329 e. The van der Waals surface area contributed by atoms with E-state index in [0.29, 0.717) is 53.6 Å². The highest BCUT2D eigenvalue weighted by atomic mass is 16.7. The quantitative estimate of drug-likeness (QED) is 0.146. The van der Waals surface area contributed by atoms with Gasteiger partial charge in [0.25, 0.3) is 0 Å². The number of rotatable bonds is 12. The summed E-state index contributed by atoms with van der Waals surface area (Å²) in [7, 11) is 1.23. The number of anilines is 1. The summed E-state index contributed by atoms with van der Waals surface area (Å²) in [5.41, 5.74) is 1.68. The van der Waals surface area contributed by atoms with E-state index >= 15 is 14.4 Å². The van der Waals surface area contributed by atoms with Crippen LogP contribution in [0.1, 0.15) is 59.9 Å². The number of nitrogens with zero attached hydrogens (tertiary/aromatic N) is 4. The molecule has 0 radical (unpaired) electrons. The summed E-state index contributed by atoms with van der Waals surface area (Å²) < 4.78 is 28.7.